The van der Waals surface area contributed by atoms with Gasteiger partial charge in [0.15, 0.2) is 0 Å². The van der Waals surface area contributed by atoms with Gasteiger partial charge >= 0.3 is 11.9 Å². The fraction of sp³-hybridized carbons (Fsp3) is 0.867. The van der Waals surface area contributed by atoms with E-state index >= 15 is 0 Å². The van der Waals surface area contributed by atoms with E-state index in [9.17, 15) is 9.59 Å². The smallest absolute Gasteiger partial charge is 0.306 e. The van der Waals surface area contributed by atoms with Crippen molar-refractivity contribution in [2.45, 2.75) is 204 Å². The summed E-state index contributed by atoms with van der Waals surface area (Å²) in [5.74, 6) is 4.43. The van der Waals surface area contributed by atoms with E-state index in [1.165, 1.54) is 114 Å². The van der Waals surface area contributed by atoms with Crippen LogP contribution in [0.15, 0.2) is 23.3 Å². The summed E-state index contributed by atoms with van der Waals surface area (Å²) >= 11 is 0. The highest BCUT2D eigenvalue weighted by atomic mass is 16.5. The van der Waals surface area contributed by atoms with Gasteiger partial charge in [0.05, 0.1) is 0 Å². The number of hydrogen-bond donors (Lipinski definition) is 0. The summed E-state index contributed by atoms with van der Waals surface area (Å²) in [4.78, 5) is 24.3. The van der Waals surface area contributed by atoms with Crippen molar-refractivity contribution in [3.8, 4) is 0 Å². The molecule has 0 aliphatic carbocycles. The molecule has 0 saturated heterocycles. The molecular formula is C45H84O4. The molecule has 0 heterocycles. The van der Waals surface area contributed by atoms with Gasteiger partial charge in [0.1, 0.15) is 13.2 Å². The molecule has 0 aliphatic rings. The van der Waals surface area contributed by atoms with Crippen molar-refractivity contribution < 1.29 is 19.1 Å². The third kappa shape index (κ3) is 33.3. The van der Waals surface area contributed by atoms with Gasteiger partial charge in [-0.15, -0.1) is 0 Å². The van der Waals surface area contributed by atoms with E-state index in [0.29, 0.717) is 19.6 Å². The first kappa shape index (κ1) is 47.4. The van der Waals surface area contributed by atoms with Crippen molar-refractivity contribution in [3.63, 3.8) is 0 Å². The van der Waals surface area contributed by atoms with Crippen LogP contribution in [-0.4, -0.2) is 25.2 Å². The van der Waals surface area contributed by atoms with Crippen LogP contribution in [-0.2, 0) is 19.1 Å². The lowest BCUT2D eigenvalue weighted by molar-refractivity contribution is -0.144. The van der Waals surface area contributed by atoms with E-state index in [0.717, 1.165) is 48.3 Å². The fourth-order valence-electron chi connectivity index (χ4n) is 6.69. The molecule has 0 aliphatic heterocycles. The monoisotopic (exact) mass is 689 g/mol. The average molecular weight is 689 g/mol. The number of carbonyl (C=O) groups excluding carboxylic acids is 2. The molecule has 0 spiro atoms. The van der Waals surface area contributed by atoms with Crippen LogP contribution < -0.4 is 0 Å². The Labute approximate surface area is 306 Å². The van der Waals surface area contributed by atoms with Crippen LogP contribution >= 0.6 is 0 Å². The molecule has 0 aromatic rings. The minimum absolute atomic E-state index is 0.245. The van der Waals surface area contributed by atoms with Crippen molar-refractivity contribution >= 4 is 11.9 Å². The van der Waals surface area contributed by atoms with Crippen molar-refractivity contribution in [3.05, 3.63) is 23.3 Å². The first-order valence-electron chi connectivity index (χ1n) is 20.9. The molecule has 49 heavy (non-hydrogen) atoms. The Balaban J connectivity index is 3.86. The summed E-state index contributed by atoms with van der Waals surface area (Å²) in [6, 6.07) is 0. The largest absolute Gasteiger partial charge is 0.461 e. The highest BCUT2D eigenvalue weighted by Gasteiger charge is 2.10. The maximum absolute atomic E-state index is 12.1. The van der Waals surface area contributed by atoms with Crippen LogP contribution in [0.25, 0.3) is 0 Å². The molecule has 0 amide bonds. The van der Waals surface area contributed by atoms with E-state index < -0.39 is 0 Å². The van der Waals surface area contributed by atoms with Crippen molar-refractivity contribution in [2.24, 2.45) is 35.5 Å². The second-order valence-corrected chi connectivity index (χ2v) is 17.0. The molecule has 4 nitrogen and oxygen atoms in total. The average Bonchev–Trinajstić information content (AvgIpc) is 3.00. The molecule has 0 fully saturated rings. The molecule has 0 bridgehead atoms. The summed E-state index contributed by atoms with van der Waals surface area (Å²) in [7, 11) is 0. The van der Waals surface area contributed by atoms with Crippen molar-refractivity contribution in [1.29, 1.82) is 0 Å². The van der Waals surface area contributed by atoms with Gasteiger partial charge in [-0.3, -0.25) is 9.59 Å². The van der Waals surface area contributed by atoms with Gasteiger partial charge in [-0.05, 0) is 93.6 Å². The van der Waals surface area contributed by atoms with E-state index in [-0.39, 0.29) is 24.8 Å². The zero-order chi connectivity index (χ0) is 36.9. The molecule has 0 saturated carbocycles. The lowest BCUT2D eigenvalue weighted by Crippen LogP contribution is -2.08. The molecule has 0 unspecified atom stereocenters. The molecule has 0 rings (SSSR count). The number of hydrogen-bond acceptors (Lipinski definition) is 4. The number of allylic oxidation sites excluding steroid dienone is 2. The van der Waals surface area contributed by atoms with E-state index in [1.807, 2.05) is 12.2 Å². The second kappa shape index (κ2) is 31.2. The summed E-state index contributed by atoms with van der Waals surface area (Å²) in [6.45, 7) is 23.8. The quantitative estimate of drug-likeness (QED) is 0.0521. The lowest BCUT2D eigenvalue weighted by Gasteiger charge is -2.15. The first-order chi connectivity index (χ1) is 23.3. The number of esters is 2. The number of rotatable bonds is 32. The summed E-state index contributed by atoms with van der Waals surface area (Å²) in [5, 5.41) is 0. The molecule has 0 N–H and O–H groups in total. The predicted octanol–water partition coefficient (Wildman–Crippen LogP) is 14.0. The van der Waals surface area contributed by atoms with Crippen molar-refractivity contribution in [1.82, 2.24) is 0 Å². The second-order valence-electron chi connectivity index (χ2n) is 17.0. The van der Waals surface area contributed by atoms with E-state index in [1.54, 1.807) is 0 Å². The molecule has 0 aromatic carbocycles. The number of carbonyl (C=O) groups is 2. The fourth-order valence-corrected chi connectivity index (χ4v) is 6.69. The van der Waals surface area contributed by atoms with E-state index in [2.05, 4.69) is 69.2 Å². The SMILES string of the molecule is C/C(=C\COC(=O)CCCC(=O)OC/C=C(\C)CCC[C@H](C)CCC[C@H](C)CCCC(C)C)CCC[C@H](C)CCC[C@H](C)CCCC(C)C. The Bertz CT molecular complexity index is 799. The van der Waals surface area contributed by atoms with Crippen LogP contribution in [0, 0.1) is 35.5 Å². The Morgan fingerprint density at radius 2 is 0.694 bits per heavy atom. The maximum atomic E-state index is 12.1. The third-order valence-corrected chi connectivity index (χ3v) is 10.4. The van der Waals surface area contributed by atoms with Gasteiger partial charge in [0, 0.05) is 12.8 Å². The maximum Gasteiger partial charge on any atom is 0.306 e. The molecule has 0 aromatic heterocycles. The summed E-state index contributed by atoms with van der Waals surface area (Å²) in [5.41, 5.74) is 2.57. The third-order valence-electron chi connectivity index (χ3n) is 10.4. The molecule has 4 heteroatoms. The van der Waals surface area contributed by atoms with Gasteiger partial charge in [-0.2, -0.15) is 0 Å². The van der Waals surface area contributed by atoms with Crippen molar-refractivity contribution in [2.75, 3.05) is 13.2 Å². The molecular weight excluding hydrogens is 604 g/mol. The highest BCUT2D eigenvalue weighted by Crippen LogP contribution is 2.23. The van der Waals surface area contributed by atoms with Gasteiger partial charge in [0.25, 0.3) is 0 Å². The van der Waals surface area contributed by atoms with Gasteiger partial charge in [-0.25, -0.2) is 0 Å². The van der Waals surface area contributed by atoms with Gasteiger partial charge < -0.3 is 9.47 Å². The van der Waals surface area contributed by atoms with Crippen LogP contribution in [0.1, 0.15) is 204 Å². The Morgan fingerprint density at radius 3 is 1.00 bits per heavy atom. The minimum atomic E-state index is -0.245. The topological polar surface area (TPSA) is 52.6 Å². The lowest BCUT2D eigenvalue weighted by atomic mass is 9.91. The Morgan fingerprint density at radius 1 is 0.408 bits per heavy atom. The zero-order valence-electron chi connectivity index (χ0n) is 34.5. The van der Waals surface area contributed by atoms with Gasteiger partial charge in [-0.1, -0.05) is 156 Å². The van der Waals surface area contributed by atoms with Crippen LogP contribution in [0.4, 0.5) is 0 Å². The highest BCUT2D eigenvalue weighted by molar-refractivity contribution is 5.72. The first-order valence-corrected chi connectivity index (χ1v) is 20.9. The Hall–Kier alpha value is -1.58. The zero-order valence-corrected chi connectivity index (χ0v) is 34.5. The summed E-state index contributed by atoms with van der Waals surface area (Å²) < 4.78 is 10.8. The molecule has 288 valence electrons. The van der Waals surface area contributed by atoms with E-state index in [4.69, 9.17) is 9.47 Å². The molecule has 4 atom stereocenters. The normalized spacial score (nSPS) is 15.0. The summed E-state index contributed by atoms with van der Waals surface area (Å²) in [6.07, 6.45) is 28.4. The standard InChI is InChI=1S/C45H84O4/c1-36(2)18-11-20-38(5)22-13-24-40(7)26-15-28-42(9)32-34-48-44(46)30-17-31-45(47)49-35-33-43(10)29-16-27-41(8)25-14-23-39(6)21-12-19-37(3)4/h32-33,36-41H,11-31,34-35H2,1-10H3/b42-32+,43-33+/t38-,39-,40-,41-/m1/s1. The van der Waals surface area contributed by atoms with Crippen LogP contribution in [0.5, 0.6) is 0 Å². The van der Waals surface area contributed by atoms with Gasteiger partial charge in [0.2, 0.25) is 0 Å². The molecule has 0 radical (unpaired) electrons. The van der Waals surface area contributed by atoms with Crippen LogP contribution in [0.2, 0.25) is 0 Å². The van der Waals surface area contributed by atoms with Crippen LogP contribution in [0.3, 0.4) is 0 Å². The number of ether oxygens (including phenoxy) is 2. The predicted molar refractivity (Wildman–Crippen MR) is 213 cm³/mol. The minimum Gasteiger partial charge on any atom is -0.461 e. The Kier molecular flexibility index (Phi) is 30.2.